The van der Waals surface area contributed by atoms with Crippen molar-refractivity contribution in [1.82, 2.24) is 4.57 Å². The molecule has 8 aromatic rings. The summed E-state index contributed by atoms with van der Waals surface area (Å²) in [7, 11) is 0. The van der Waals surface area contributed by atoms with Crippen LogP contribution in [0.15, 0.2) is 106 Å². The molecule has 0 saturated heterocycles. The van der Waals surface area contributed by atoms with Crippen molar-refractivity contribution < 1.29 is 4.42 Å². The van der Waals surface area contributed by atoms with Gasteiger partial charge >= 0.3 is 0 Å². The molecule has 36 heavy (non-hydrogen) atoms. The van der Waals surface area contributed by atoms with E-state index in [9.17, 15) is 0 Å². The average molecular weight is 499 g/mol. The third-order valence-electron chi connectivity index (χ3n) is 7.45. The van der Waals surface area contributed by atoms with Gasteiger partial charge in [-0.25, -0.2) is 0 Å². The first-order valence-corrected chi connectivity index (χ1v) is 13.7. The number of furan rings is 1. The lowest BCUT2D eigenvalue weighted by atomic mass is 10.1. The SMILES string of the molecule is c1ccc2c(c1)oc1c2ccc2c3ccccc3n(C3Nc4ccc5sc6ccccc6c5c4S3)c21. The summed E-state index contributed by atoms with van der Waals surface area (Å²) in [6.07, 6.45) is 0. The van der Waals surface area contributed by atoms with Gasteiger partial charge in [-0.05, 0) is 36.4 Å². The Morgan fingerprint density at radius 1 is 0.667 bits per heavy atom. The molecule has 0 radical (unpaired) electrons. The second kappa shape index (κ2) is 6.84. The molecule has 3 aromatic heterocycles. The molecular formula is C31H18N2OS2. The minimum atomic E-state index is 0.0190. The lowest BCUT2D eigenvalue weighted by Gasteiger charge is -2.16. The fourth-order valence-corrected chi connectivity index (χ4v) is 8.42. The molecule has 1 N–H and O–H groups in total. The Morgan fingerprint density at radius 2 is 1.44 bits per heavy atom. The van der Waals surface area contributed by atoms with Crippen LogP contribution in [0, 0.1) is 0 Å². The van der Waals surface area contributed by atoms with Crippen LogP contribution >= 0.6 is 23.1 Å². The fraction of sp³-hybridized carbons (Fsp3) is 0.0323. The van der Waals surface area contributed by atoms with Crippen molar-refractivity contribution in [2.45, 2.75) is 10.4 Å². The van der Waals surface area contributed by atoms with Gasteiger partial charge in [0.2, 0.25) is 0 Å². The van der Waals surface area contributed by atoms with Crippen molar-refractivity contribution in [3.63, 3.8) is 0 Å². The molecule has 3 nitrogen and oxygen atoms in total. The summed E-state index contributed by atoms with van der Waals surface area (Å²) in [6, 6.07) is 34.8. The fourth-order valence-electron chi connectivity index (χ4n) is 5.92. The van der Waals surface area contributed by atoms with E-state index in [-0.39, 0.29) is 5.50 Å². The minimum absolute atomic E-state index is 0.0190. The van der Waals surface area contributed by atoms with Gasteiger partial charge in [0.25, 0.3) is 0 Å². The molecule has 1 atom stereocenters. The Morgan fingerprint density at radius 3 is 2.39 bits per heavy atom. The van der Waals surface area contributed by atoms with E-state index in [0.717, 1.165) is 27.5 Å². The zero-order valence-corrected chi connectivity index (χ0v) is 20.6. The van der Waals surface area contributed by atoms with Crippen molar-refractivity contribution in [1.29, 1.82) is 0 Å². The van der Waals surface area contributed by atoms with Crippen molar-refractivity contribution in [3.8, 4) is 0 Å². The molecule has 0 amide bonds. The van der Waals surface area contributed by atoms with E-state index in [1.165, 1.54) is 47.0 Å². The summed E-state index contributed by atoms with van der Waals surface area (Å²) in [5.41, 5.74) is 5.46. The number of thioether (sulfide) groups is 1. The van der Waals surface area contributed by atoms with Crippen molar-refractivity contribution in [2.75, 3.05) is 5.32 Å². The van der Waals surface area contributed by atoms with Gasteiger partial charge in [-0.2, -0.15) is 0 Å². The Kier molecular flexibility index (Phi) is 3.67. The smallest absolute Gasteiger partial charge is 0.159 e. The highest BCUT2D eigenvalue weighted by Crippen LogP contribution is 2.53. The van der Waals surface area contributed by atoms with Gasteiger partial charge < -0.3 is 14.3 Å². The molecule has 1 unspecified atom stereocenters. The van der Waals surface area contributed by atoms with Crippen LogP contribution in [0.2, 0.25) is 0 Å². The number of para-hydroxylation sites is 2. The Labute approximate surface area is 213 Å². The Bertz CT molecular complexity index is 2180. The van der Waals surface area contributed by atoms with Crippen molar-refractivity contribution in [2.24, 2.45) is 0 Å². The minimum Gasteiger partial charge on any atom is -0.454 e. The molecule has 0 bridgehead atoms. The van der Waals surface area contributed by atoms with E-state index in [4.69, 9.17) is 4.42 Å². The van der Waals surface area contributed by atoms with Crippen LogP contribution in [0.5, 0.6) is 0 Å². The number of aromatic nitrogens is 1. The normalized spacial score (nSPS) is 15.6. The number of thiophene rings is 1. The topological polar surface area (TPSA) is 30.1 Å². The van der Waals surface area contributed by atoms with Gasteiger partial charge in [0.15, 0.2) is 11.1 Å². The molecule has 0 spiro atoms. The Hall–Kier alpha value is -3.93. The number of hydrogen-bond donors (Lipinski definition) is 1. The van der Waals surface area contributed by atoms with Crippen LogP contribution < -0.4 is 5.32 Å². The third kappa shape index (κ3) is 2.39. The average Bonchev–Trinajstić information content (AvgIpc) is 3.67. The summed E-state index contributed by atoms with van der Waals surface area (Å²) >= 11 is 3.78. The number of anilines is 1. The number of nitrogens with zero attached hydrogens (tertiary/aromatic N) is 1. The number of benzene rings is 5. The quantitative estimate of drug-likeness (QED) is 0.244. The summed E-state index contributed by atoms with van der Waals surface area (Å²) < 4.78 is 11.7. The van der Waals surface area contributed by atoms with Crippen LogP contribution in [-0.4, -0.2) is 4.57 Å². The van der Waals surface area contributed by atoms with Crippen molar-refractivity contribution >= 4 is 92.7 Å². The van der Waals surface area contributed by atoms with Gasteiger partial charge in [-0.3, -0.25) is 0 Å². The molecule has 5 aromatic carbocycles. The van der Waals surface area contributed by atoms with Crippen LogP contribution in [-0.2, 0) is 0 Å². The lowest BCUT2D eigenvalue weighted by molar-refractivity contribution is 0.668. The molecule has 5 heteroatoms. The number of fused-ring (bicyclic) bond motifs is 12. The van der Waals surface area contributed by atoms with E-state index < -0.39 is 0 Å². The van der Waals surface area contributed by atoms with Gasteiger partial charge in [0, 0.05) is 46.6 Å². The van der Waals surface area contributed by atoms with Gasteiger partial charge in [0.05, 0.1) is 16.7 Å². The monoisotopic (exact) mass is 498 g/mol. The molecule has 0 saturated carbocycles. The largest absolute Gasteiger partial charge is 0.454 e. The van der Waals surface area contributed by atoms with E-state index in [2.05, 4.69) is 101 Å². The van der Waals surface area contributed by atoms with E-state index >= 15 is 0 Å². The maximum absolute atomic E-state index is 6.53. The van der Waals surface area contributed by atoms with Gasteiger partial charge in [-0.1, -0.05) is 72.4 Å². The van der Waals surface area contributed by atoms with Crippen LogP contribution in [0.4, 0.5) is 5.69 Å². The van der Waals surface area contributed by atoms with Gasteiger partial charge in [-0.15, -0.1) is 11.3 Å². The number of nitrogens with one attached hydrogen (secondary N) is 1. The molecule has 0 aliphatic carbocycles. The molecule has 1 aliphatic rings. The van der Waals surface area contributed by atoms with Crippen LogP contribution in [0.3, 0.4) is 0 Å². The first-order chi connectivity index (χ1) is 17.8. The predicted molar refractivity (Wildman–Crippen MR) is 155 cm³/mol. The summed E-state index contributed by atoms with van der Waals surface area (Å²) in [4.78, 5) is 1.33. The lowest BCUT2D eigenvalue weighted by Crippen LogP contribution is -2.10. The maximum Gasteiger partial charge on any atom is 0.159 e. The summed E-state index contributed by atoms with van der Waals surface area (Å²) in [5, 5.41) is 11.4. The number of hydrogen-bond acceptors (Lipinski definition) is 4. The standard InChI is InChI=1S/C31H18N2OS2/c1-4-10-23-17(7-1)19-13-14-20-18-8-2-5-11-24(18)34-29(20)28(19)33(23)31-32-22-15-16-26-27(30(22)36-31)21-9-3-6-12-25(21)35-26/h1-16,31-32H. The summed E-state index contributed by atoms with van der Waals surface area (Å²) in [6.45, 7) is 0. The zero-order valence-electron chi connectivity index (χ0n) is 19.0. The molecular weight excluding hydrogens is 480 g/mol. The van der Waals surface area contributed by atoms with Crippen LogP contribution in [0.1, 0.15) is 5.50 Å². The highest BCUT2D eigenvalue weighted by Gasteiger charge is 2.30. The van der Waals surface area contributed by atoms with Crippen LogP contribution in [0.25, 0.3) is 63.9 Å². The molecule has 0 fully saturated rings. The highest BCUT2D eigenvalue weighted by molar-refractivity contribution is 8.00. The van der Waals surface area contributed by atoms with E-state index in [0.29, 0.717) is 0 Å². The number of rotatable bonds is 1. The first-order valence-electron chi connectivity index (χ1n) is 12.1. The van der Waals surface area contributed by atoms with Crippen molar-refractivity contribution in [3.05, 3.63) is 97.1 Å². The second-order valence-corrected chi connectivity index (χ2v) is 11.5. The maximum atomic E-state index is 6.53. The molecule has 9 rings (SSSR count). The third-order valence-corrected chi connectivity index (χ3v) is 9.80. The Balaban J connectivity index is 1.35. The van der Waals surface area contributed by atoms with E-state index in [1.54, 1.807) is 0 Å². The second-order valence-electron chi connectivity index (χ2n) is 9.35. The molecule has 170 valence electrons. The summed E-state index contributed by atoms with van der Waals surface area (Å²) in [5.74, 6) is 0. The predicted octanol–water partition coefficient (Wildman–Crippen LogP) is 9.74. The molecule has 1 aliphatic heterocycles. The van der Waals surface area contributed by atoms with E-state index in [1.807, 2.05) is 29.2 Å². The molecule has 4 heterocycles. The first kappa shape index (κ1) is 19.3. The zero-order chi connectivity index (χ0) is 23.4. The van der Waals surface area contributed by atoms with Gasteiger partial charge in [0.1, 0.15) is 5.58 Å². The highest BCUT2D eigenvalue weighted by atomic mass is 32.2.